The van der Waals surface area contributed by atoms with Gasteiger partial charge >= 0.3 is 5.97 Å². The van der Waals surface area contributed by atoms with E-state index < -0.39 is 12.0 Å². The van der Waals surface area contributed by atoms with Gasteiger partial charge in [0.25, 0.3) is 0 Å². The van der Waals surface area contributed by atoms with Crippen molar-refractivity contribution in [3.05, 3.63) is 65.5 Å². The second-order valence-electron chi connectivity index (χ2n) is 4.72. The van der Waals surface area contributed by atoms with Gasteiger partial charge in [0.1, 0.15) is 5.82 Å². The van der Waals surface area contributed by atoms with E-state index in [1.54, 1.807) is 31.2 Å². The minimum absolute atomic E-state index is 0.278. The zero-order valence-corrected chi connectivity index (χ0v) is 12.1. The van der Waals surface area contributed by atoms with Crippen LogP contribution in [-0.4, -0.2) is 12.6 Å². The Hall–Kier alpha value is -2.36. The van der Waals surface area contributed by atoms with Crippen molar-refractivity contribution in [1.29, 1.82) is 0 Å². The normalized spacial score (nSPS) is 11.8. The standard InChI is InChI=1S/C17H18FNO2/c1-3-21-17(20)16(13-7-5-4-6-8-13)19-15-10-9-12(2)11-14(15)18/h4-11,16,19H,3H2,1-2H3. The lowest BCUT2D eigenvalue weighted by Crippen LogP contribution is -2.23. The smallest absolute Gasteiger partial charge is 0.333 e. The zero-order valence-electron chi connectivity index (χ0n) is 12.1. The number of aryl methyl sites for hydroxylation is 1. The second kappa shape index (κ2) is 6.88. The highest BCUT2D eigenvalue weighted by Gasteiger charge is 2.22. The quantitative estimate of drug-likeness (QED) is 0.849. The van der Waals surface area contributed by atoms with Crippen molar-refractivity contribution in [3.63, 3.8) is 0 Å². The summed E-state index contributed by atoms with van der Waals surface area (Å²) in [7, 11) is 0. The molecule has 0 saturated carbocycles. The molecule has 2 aromatic carbocycles. The van der Waals surface area contributed by atoms with Crippen LogP contribution in [0.1, 0.15) is 24.1 Å². The van der Waals surface area contributed by atoms with E-state index in [4.69, 9.17) is 4.74 Å². The van der Waals surface area contributed by atoms with Crippen LogP contribution >= 0.6 is 0 Å². The van der Waals surface area contributed by atoms with Gasteiger partial charge < -0.3 is 10.1 Å². The second-order valence-corrected chi connectivity index (χ2v) is 4.72. The zero-order chi connectivity index (χ0) is 15.2. The summed E-state index contributed by atoms with van der Waals surface area (Å²) in [4.78, 5) is 12.1. The third kappa shape index (κ3) is 3.81. The first-order valence-electron chi connectivity index (χ1n) is 6.86. The van der Waals surface area contributed by atoms with Gasteiger partial charge in [0, 0.05) is 0 Å². The highest BCUT2D eigenvalue weighted by atomic mass is 19.1. The predicted octanol–water partition coefficient (Wildman–Crippen LogP) is 3.85. The lowest BCUT2D eigenvalue weighted by atomic mass is 10.1. The van der Waals surface area contributed by atoms with Gasteiger partial charge in [-0.2, -0.15) is 0 Å². The molecule has 0 aliphatic carbocycles. The predicted molar refractivity (Wildman–Crippen MR) is 80.6 cm³/mol. The van der Waals surface area contributed by atoms with Gasteiger partial charge in [-0.05, 0) is 37.1 Å². The van der Waals surface area contributed by atoms with Gasteiger partial charge in [-0.25, -0.2) is 9.18 Å². The first-order chi connectivity index (χ1) is 10.1. The molecule has 0 radical (unpaired) electrons. The molecule has 0 aliphatic rings. The van der Waals surface area contributed by atoms with Crippen LogP contribution in [0.4, 0.5) is 10.1 Å². The first kappa shape index (κ1) is 15.0. The highest BCUT2D eigenvalue weighted by molar-refractivity contribution is 5.81. The summed E-state index contributed by atoms with van der Waals surface area (Å²) >= 11 is 0. The van der Waals surface area contributed by atoms with E-state index in [9.17, 15) is 9.18 Å². The molecule has 2 rings (SSSR count). The average Bonchev–Trinajstić information content (AvgIpc) is 2.47. The largest absolute Gasteiger partial charge is 0.464 e. The number of esters is 1. The van der Waals surface area contributed by atoms with Crippen molar-refractivity contribution in [2.45, 2.75) is 19.9 Å². The van der Waals surface area contributed by atoms with Crippen LogP contribution in [0.25, 0.3) is 0 Å². The van der Waals surface area contributed by atoms with Crippen LogP contribution in [0.5, 0.6) is 0 Å². The van der Waals surface area contributed by atoms with Crippen molar-refractivity contribution < 1.29 is 13.9 Å². The summed E-state index contributed by atoms with van der Waals surface area (Å²) in [5, 5.41) is 2.93. The highest BCUT2D eigenvalue weighted by Crippen LogP contribution is 2.23. The van der Waals surface area contributed by atoms with Gasteiger partial charge in [-0.15, -0.1) is 0 Å². The van der Waals surface area contributed by atoms with Crippen molar-refractivity contribution in [1.82, 2.24) is 0 Å². The summed E-state index contributed by atoms with van der Waals surface area (Å²) in [6, 6.07) is 13.2. The molecular formula is C17H18FNO2. The van der Waals surface area contributed by atoms with Crippen molar-refractivity contribution in [3.8, 4) is 0 Å². The molecule has 0 saturated heterocycles. The number of benzene rings is 2. The van der Waals surface area contributed by atoms with Gasteiger partial charge in [0.2, 0.25) is 0 Å². The summed E-state index contributed by atoms with van der Waals surface area (Å²) in [6.07, 6.45) is 0. The number of nitrogens with one attached hydrogen (secondary N) is 1. The van der Waals surface area contributed by atoms with Crippen LogP contribution < -0.4 is 5.32 Å². The van der Waals surface area contributed by atoms with Crippen molar-refractivity contribution in [2.75, 3.05) is 11.9 Å². The Balaban J connectivity index is 2.30. The van der Waals surface area contributed by atoms with E-state index >= 15 is 0 Å². The van der Waals surface area contributed by atoms with E-state index in [0.717, 1.165) is 11.1 Å². The Bertz CT molecular complexity index is 613. The summed E-state index contributed by atoms with van der Waals surface area (Å²) in [6.45, 7) is 3.83. The number of halogens is 1. The Morgan fingerprint density at radius 3 is 2.57 bits per heavy atom. The molecule has 0 bridgehead atoms. The average molecular weight is 287 g/mol. The van der Waals surface area contributed by atoms with E-state index in [0.29, 0.717) is 0 Å². The van der Waals surface area contributed by atoms with Gasteiger partial charge in [-0.1, -0.05) is 36.4 Å². The third-order valence-electron chi connectivity index (χ3n) is 3.08. The minimum atomic E-state index is -0.733. The lowest BCUT2D eigenvalue weighted by molar-refractivity contribution is -0.144. The maximum atomic E-state index is 14.0. The molecule has 1 unspecified atom stereocenters. The monoisotopic (exact) mass is 287 g/mol. The number of carbonyl (C=O) groups is 1. The van der Waals surface area contributed by atoms with Gasteiger partial charge in [0.15, 0.2) is 6.04 Å². The van der Waals surface area contributed by atoms with E-state index in [1.807, 2.05) is 25.1 Å². The molecular weight excluding hydrogens is 269 g/mol. The number of hydrogen-bond acceptors (Lipinski definition) is 3. The number of anilines is 1. The molecule has 110 valence electrons. The number of ether oxygens (including phenoxy) is 1. The van der Waals surface area contributed by atoms with Crippen LogP contribution in [0.15, 0.2) is 48.5 Å². The molecule has 1 N–H and O–H groups in total. The maximum absolute atomic E-state index is 14.0. The first-order valence-corrected chi connectivity index (χ1v) is 6.86. The number of carbonyl (C=O) groups excluding carboxylic acids is 1. The van der Waals surface area contributed by atoms with Crippen molar-refractivity contribution >= 4 is 11.7 Å². The molecule has 2 aromatic rings. The minimum Gasteiger partial charge on any atom is -0.464 e. The molecule has 3 nitrogen and oxygen atoms in total. The number of rotatable bonds is 5. The Morgan fingerprint density at radius 2 is 1.95 bits per heavy atom. The Kier molecular flexibility index (Phi) is 4.93. The van der Waals surface area contributed by atoms with Crippen LogP contribution in [0, 0.1) is 12.7 Å². The Morgan fingerprint density at radius 1 is 1.24 bits per heavy atom. The molecule has 0 heterocycles. The maximum Gasteiger partial charge on any atom is 0.333 e. The van der Waals surface area contributed by atoms with E-state index in [-0.39, 0.29) is 18.1 Å². The summed E-state index contributed by atoms with van der Waals surface area (Å²) < 4.78 is 19.0. The molecule has 0 aliphatic heterocycles. The fourth-order valence-electron chi connectivity index (χ4n) is 2.04. The topological polar surface area (TPSA) is 38.3 Å². The molecule has 0 aromatic heterocycles. The van der Waals surface area contributed by atoms with E-state index in [2.05, 4.69) is 5.32 Å². The lowest BCUT2D eigenvalue weighted by Gasteiger charge is -2.19. The summed E-state index contributed by atoms with van der Waals surface area (Å²) in [5.74, 6) is -0.816. The van der Waals surface area contributed by atoms with Crippen LogP contribution in [-0.2, 0) is 9.53 Å². The van der Waals surface area contributed by atoms with Crippen LogP contribution in [0.2, 0.25) is 0 Å². The van der Waals surface area contributed by atoms with Crippen molar-refractivity contribution in [2.24, 2.45) is 0 Å². The van der Waals surface area contributed by atoms with Gasteiger partial charge in [-0.3, -0.25) is 0 Å². The number of hydrogen-bond donors (Lipinski definition) is 1. The molecule has 21 heavy (non-hydrogen) atoms. The molecule has 4 heteroatoms. The summed E-state index contributed by atoms with van der Waals surface area (Å²) in [5.41, 5.74) is 1.84. The molecule has 1 atom stereocenters. The SMILES string of the molecule is CCOC(=O)C(Nc1ccc(C)cc1F)c1ccccc1. The van der Waals surface area contributed by atoms with E-state index in [1.165, 1.54) is 6.07 Å². The third-order valence-corrected chi connectivity index (χ3v) is 3.08. The fraction of sp³-hybridized carbons (Fsp3) is 0.235. The molecule has 0 spiro atoms. The Labute approximate surface area is 123 Å². The molecule has 0 fully saturated rings. The molecule has 0 amide bonds. The fourth-order valence-corrected chi connectivity index (χ4v) is 2.04. The van der Waals surface area contributed by atoms with Gasteiger partial charge in [0.05, 0.1) is 12.3 Å². The van der Waals surface area contributed by atoms with Crippen LogP contribution in [0.3, 0.4) is 0 Å².